The number of carbonyl (C=O) groups excluding carboxylic acids is 1. The third-order valence-electron chi connectivity index (χ3n) is 6.85. The fraction of sp³-hybridized carbons (Fsp3) is 0.440. The van der Waals surface area contributed by atoms with Crippen LogP contribution >= 0.6 is 0 Å². The molecule has 7 heteroatoms. The van der Waals surface area contributed by atoms with Gasteiger partial charge in [0, 0.05) is 36.4 Å². The Balaban J connectivity index is 1.28. The lowest BCUT2D eigenvalue weighted by atomic mass is 10.0. The molecule has 168 valence electrons. The highest BCUT2D eigenvalue weighted by Gasteiger charge is 2.39. The van der Waals surface area contributed by atoms with Gasteiger partial charge >= 0.3 is 5.76 Å². The van der Waals surface area contributed by atoms with Crippen molar-refractivity contribution in [3.63, 3.8) is 0 Å². The molecule has 0 radical (unpaired) electrons. The van der Waals surface area contributed by atoms with Crippen LogP contribution < -0.4 is 16.4 Å². The number of oxazole rings is 1. The average Bonchev–Trinajstić information content (AvgIpc) is 3.30. The number of likely N-dealkylation sites (tertiary alicyclic amines) is 1. The van der Waals surface area contributed by atoms with Gasteiger partial charge in [-0.2, -0.15) is 0 Å². The van der Waals surface area contributed by atoms with Crippen LogP contribution in [0, 0.1) is 0 Å². The summed E-state index contributed by atoms with van der Waals surface area (Å²) in [5.74, 6) is -0.409. The number of aryl methyl sites for hydroxylation is 1. The van der Waals surface area contributed by atoms with E-state index in [4.69, 9.17) is 4.42 Å². The first-order valence-electron chi connectivity index (χ1n) is 11.6. The van der Waals surface area contributed by atoms with E-state index in [-0.39, 0.29) is 11.7 Å². The summed E-state index contributed by atoms with van der Waals surface area (Å²) in [5.41, 5.74) is 3.21. The fourth-order valence-corrected chi connectivity index (χ4v) is 5.31. The Morgan fingerprint density at radius 3 is 2.84 bits per heavy atom. The molecule has 0 aliphatic carbocycles. The van der Waals surface area contributed by atoms with E-state index in [0.29, 0.717) is 42.5 Å². The number of fused-ring (bicyclic) bond motifs is 2. The standard InChI is InChI=1S/C25H30N4O3/c1-2-29-21-12-11-18(14-23(21)32-25(29)31)26-24(30)16-28-13-7-6-10-19-22(28)15-20(27-19)17-8-4-3-5-9-17/h3-5,8-9,11-12,14,19-20,22,27H,2,6-7,10,13,15-16H2,1H3,(H,26,30)/t19-,20-,22+/m0/s1. The minimum absolute atomic E-state index is 0.0366. The van der Waals surface area contributed by atoms with Crippen molar-refractivity contribution in [2.75, 3.05) is 18.4 Å². The Kier molecular flexibility index (Phi) is 5.85. The summed E-state index contributed by atoms with van der Waals surface area (Å²) >= 11 is 0. The van der Waals surface area contributed by atoms with Crippen LogP contribution in [0.25, 0.3) is 11.1 Å². The molecule has 5 rings (SSSR count). The number of aromatic nitrogens is 1. The van der Waals surface area contributed by atoms with Crippen LogP contribution in [0.2, 0.25) is 0 Å². The summed E-state index contributed by atoms with van der Waals surface area (Å²) in [7, 11) is 0. The molecule has 3 heterocycles. The molecule has 1 amide bonds. The van der Waals surface area contributed by atoms with Gasteiger partial charge in [0.2, 0.25) is 5.91 Å². The lowest BCUT2D eigenvalue weighted by Crippen LogP contribution is -2.45. The van der Waals surface area contributed by atoms with Crippen molar-refractivity contribution in [1.29, 1.82) is 0 Å². The van der Waals surface area contributed by atoms with Crippen LogP contribution in [0.1, 0.15) is 44.2 Å². The van der Waals surface area contributed by atoms with Crippen molar-refractivity contribution >= 4 is 22.7 Å². The molecule has 2 aliphatic rings. The Hall–Kier alpha value is -2.90. The lowest BCUT2D eigenvalue weighted by molar-refractivity contribution is -0.117. The highest BCUT2D eigenvalue weighted by molar-refractivity contribution is 5.94. The maximum Gasteiger partial charge on any atom is 0.419 e. The van der Waals surface area contributed by atoms with Crippen molar-refractivity contribution in [1.82, 2.24) is 14.8 Å². The zero-order chi connectivity index (χ0) is 22.1. The first-order valence-corrected chi connectivity index (χ1v) is 11.6. The van der Waals surface area contributed by atoms with Crippen molar-refractivity contribution in [3.05, 3.63) is 64.6 Å². The summed E-state index contributed by atoms with van der Waals surface area (Å²) in [6, 6.07) is 17.1. The van der Waals surface area contributed by atoms with Crippen LogP contribution in [0.4, 0.5) is 5.69 Å². The second-order valence-corrected chi connectivity index (χ2v) is 8.85. The molecule has 0 saturated carbocycles. The van der Waals surface area contributed by atoms with E-state index in [1.165, 1.54) is 12.0 Å². The van der Waals surface area contributed by atoms with Gasteiger partial charge < -0.3 is 15.1 Å². The van der Waals surface area contributed by atoms with Gasteiger partial charge in [0.15, 0.2) is 5.58 Å². The molecule has 0 bridgehead atoms. The average molecular weight is 435 g/mol. The molecule has 2 aliphatic heterocycles. The van der Waals surface area contributed by atoms with E-state index < -0.39 is 0 Å². The van der Waals surface area contributed by atoms with Gasteiger partial charge in [-0.25, -0.2) is 4.79 Å². The molecule has 32 heavy (non-hydrogen) atoms. The van der Waals surface area contributed by atoms with Crippen molar-refractivity contribution in [2.45, 2.75) is 57.3 Å². The van der Waals surface area contributed by atoms with E-state index in [9.17, 15) is 9.59 Å². The molecular weight excluding hydrogens is 404 g/mol. The van der Waals surface area contributed by atoms with Gasteiger partial charge in [-0.05, 0) is 50.4 Å². The van der Waals surface area contributed by atoms with Crippen molar-refractivity contribution in [3.8, 4) is 0 Å². The van der Waals surface area contributed by atoms with Crippen LogP contribution in [0.5, 0.6) is 0 Å². The molecule has 7 nitrogen and oxygen atoms in total. The molecule has 2 fully saturated rings. The highest BCUT2D eigenvalue weighted by atomic mass is 16.4. The van der Waals surface area contributed by atoms with Gasteiger partial charge in [-0.15, -0.1) is 0 Å². The second kappa shape index (κ2) is 8.92. The summed E-state index contributed by atoms with van der Waals surface area (Å²) in [6.07, 6.45) is 4.46. The molecule has 2 N–H and O–H groups in total. The Bertz CT molecular complexity index is 1150. The minimum atomic E-state index is -0.372. The third-order valence-corrected chi connectivity index (χ3v) is 6.85. The SMILES string of the molecule is CCn1c(=O)oc2cc(NC(=O)CN3CCCC[C@@H]4N[C@H](c5ccccc5)C[C@H]43)ccc21. The first-order chi connectivity index (χ1) is 15.6. The summed E-state index contributed by atoms with van der Waals surface area (Å²) in [6.45, 7) is 3.75. The van der Waals surface area contributed by atoms with Crippen LogP contribution in [0.15, 0.2) is 57.7 Å². The monoisotopic (exact) mass is 434 g/mol. The predicted molar refractivity (Wildman–Crippen MR) is 125 cm³/mol. The predicted octanol–water partition coefficient (Wildman–Crippen LogP) is 3.51. The maximum atomic E-state index is 12.9. The number of nitrogens with one attached hydrogen (secondary N) is 2. The highest BCUT2D eigenvalue weighted by Crippen LogP contribution is 2.34. The number of rotatable bonds is 5. The molecule has 0 spiro atoms. The number of amides is 1. The van der Waals surface area contributed by atoms with Gasteiger partial charge in [0.25, 0.3) is 0 Å². The normalized spacial score (nSPS) is 23.7. The number of nitrogens with zero attached hydrogens (tertiary/aromatic N) is 2. The van der Waals surface area contributed by atoms with Gasteiger partial charge in [0.1, 0.15) is 0 Å². The van der Waals surface area contributed by atoms with Gasteiger partial charge in [-0.3, -0.25) is 14.3 Å². The summed E-state index contributed by atoms with van der Waals surface area (Å²) in [4.78, 5) is 27.2. The first kappa shape index (κ1) is 21.0. The Morgan fingerprint density at radius 1 is 1.19 bits per heavy atom. The fourth-order valence-electron chi connectivity index (χ4n) is 5.31. The number of anilines is 1. The molecule has 2 aromatic carbocycles. The molecule has 0 unspecified atom stereocenters. The smallest absolute Gasteiger partial charge is 0.408 e. The summed E-state index contributed by atoms with van der Waals surface area (Å²) in [5, 5.41) is 6.82. The molecular formula is C25H30N4O3. The zero-order valence-corrected chi connectivity index (χ0v) is 18.4. The largest absolute Gasteiger partial charge is 0.419 e. The number of hydrogen-bond acceptors (Lipinski definition) is 5. The van der Waals surface area contributed by atoms with E-state index in [0.717, 1.165) is 31.3 Å². The topological polar surface area (TPSA) is 79.5 Å². The Labute approximate surface area is 187 Å². The maximum absolute atomic E-state index is 12.9. The van der Waals surface area contributed by atoms with Crippen molar-refractivity contribution < 1.29 is 9.21 Å². The number of benzene rings is 2. The zero-order valence-electron chi connectivity index (χ0n) is 18.4. The van der Waals surface area contributed by atoms with Crippen LogP contribution in [-0.2, 0) is 11.3 Å². The van der Waals surface area contributed by atoms with E-state index >= 15 is 0 Å². The lowest BCUT2D eigenvalue weighted by Gasteiger charge is -2.29. The minimum Gasteiger partial charge on any atom is -0.408 e. The number of hydrogen-bond donors (Lipinski definition) is 2. The van der Waals surface area contributed by atoms with Crippen LogP contribution in [-0.4, -0.2) is 40.5 Å². The van der Waals surface area contributed by atoms with Crippen molar-refractivity contribution in [2.24, 2.45) is 0 Å². The Morgan fingerprint density at radius 2 is 2.03 bits per heavy atom. The molecule has 2 saturated heterocycles. The van der Waals surface area contributed by atoms with Gasteiger partial charge in [0.05, 0.1) is 12.1 Å². The quantitative estimate of drug-likeness (QED) is 0.642. The summed E-state index contributed by atoms with van der Waals surface area (Å²) < 4.78 is 6.90. The van der Waals surface area contributed by atoms with Gasteiger partial charge in [-0.1, -0.05) is 36.8 Å². The molecule has 3 aromatic rings. The molecule has 1 aromatic heterocycles. The number of carbonyl (C=O) groups is 1. The van der Waals surface area contributed by atoms with Crippen LogP contribution in [0.3, 0.4) is 0 Å². The van der Waals surface area contributed by atoms with E-state index in [1.54, 1.807) is 10.6 Å². The van der Waals surface area contributed by atoms with E-state index in [2.05, 4.69) is 39.8 Å². The second-order valence-electron chi connectivity index (χ2n) is 8.85. The third kappa shape index (κ3) is 4.10. The van der Waals surface area contributed by atoms with E-state index in [1.807, 2.05) is 25.1 Å². The molecule has 3 atom stereocenters.